The number of rotatable bonds is 5. The van der Waals surface area contributed by atoms with Crippen molar-refractivity contribution in [3.63, 3.8) is 0 Å². The van der Waals surface area contributed by atoms with Gasteiger partial charge >= 0.3 is 0 Å². The molecule has 0 saturated carbocycles. The van der Waals surface area contributed by atoms with Crippen LogP contribution in [0.2, 0.25) is 0 Å². The molecule has 0 bridgehead atoms. The second-order valence-electron chi connectivity index (χ2n) is 4.25. The molecule has 0 spiro atoms. The Kier molecular flexibility index (Phi) is 4.14. The summed E-state index contributed by atoms with van der Waals surface area (Å²) in [5.41, 5.74) is 2.38. The van der Waals surface area contributed by atoms with E-state index >= 15 is 0 Å². The van der Waals surface area contributed by atoms with Crippen LogP contribution in [0.15, 0.2) is 30.8 Å². The Morgan fingerprint density at radius 3 is 2.81 bits per heavy atom. The van der Waals surface area contributed by atoms with Crippen molar-refractivity contribution in [3.8, 4) is 0 Å². The monoisotopic (exact) mass is 217 g/mol. The van der Waals surface area contributed by atoms with Crippen molar-refractivity contribution in [1.82, 2.24) is 5.32 Å². The average Bonchev–Trinajstić information content (AvgIpc) is 2.83. The molecule has 0 aliphatic carbocycles. The van der Waals surface area contributed by atoms with Crippen molar-refractivity contribution in [2.75, 3.05) is 13.2 Å². The predicted molar refractivity (Wildman–Crippen MR) is 67.2 cm³/mol. The lowest BCUT2D eigenvalue weighted by Gasteiger charge is -2.10. The summed E-state index contributed by atoms with van der Waals surface area (Å²) >= 11 is 0. The fourth-order valence-corrected chi connectivity index (χ4v) is 1.97. The number of hydrogen-bond donors (Lipinski definition) is 1. The Bertz CT molecular complexity index is 325. The Hall–Kier alpha value is -1.12. The first-order chi connectivity index (χ1) is 7.88. The third-order valence-electron chi connectivity index (χ3n) is 2.97. The minimum atomic E-state index is 0.562. The number of ether oxygens (including phenoxy) is 1. The first-order valence-electron chi connectivity index (χ1n) is 5.91. The molecule has 1 N–H and O–H groups in total. The molecule has 0 amide bonds. The number of nitrogens with one attached hydrogen (secondary N) is 1. The van der Waals surface area contributed by atoms with Gasteiger partial charge in [-0.15, -0.1) is 0 Å². The fourth-order valence-electron chi connectivity index (χ4n) is 1.97. The van der Waals surface area contributed by atoms with E-state index in [9.17, 15) is 0 Å². The normalized spacial score (nSPS) is 19.9. The Morgan fingerprint density at radius 1 is 1.38 bits per heavy atom. The largest absolute Gasteiger partial charge is 0.375 e. The SMILES string of the molecule is C=Cc1ccc(COCC2CCCN2)cc1. The minimum Gasteiger partial charge on any atom is -0.375 e. The van der Waals surface area contributed by atoms with Crippen molar-refractivity contribution in [2.24, 2.45) is 0 Å². The quantitative estimate of drug-likeness (QED) is 0.818. The molecular weight excluding hydrogens is 198 g/mol. The molecular formula is C14H19NO. The van der Waals surface area contributed by atoms with Gasteiger partial charge in [0, 0.05) is 6.04 Å². The van der Waals surface area contributed by atoms with Gasteiger partial charge in [0.15, 0.2) is 0 Å². The van der Waals surface area contributed by atoms with Gasteiger partial charge in [-0.05, 0) is 30.5 Å². The molecule has 1 aromatic rings. The molecule has 1 aromatic carbocycles. The molecule has 16 heavy (non-hydrogen) atoms. The molecule has 1 unspecified atom stereocenters. The fraction of sp³-hybridized carbons (Fsp3) is 0.429. The molecule has 0 radical (unpaired) electrons. The Labute approximate surface area is 97.3 Å². The third-order valence-corrected chi connectivity index (χ3v) is 2.97. The maximum Gasteiger partial charge on any atom is 0.0717 e. The van der Waals surface area contributed by atoms with E-state index in [1.807, 2.05) is 6.08 Å². The van der Waals surface area contributed by atoms with Crippen LogP contribution in [0.25, 0.3) is 6.08 Å². The van der Waals surface area contributed by atoms with E-state index in [0.717, 1.165) is 18.7 Å². The summed E-state index contributed by atoms with van der Waals surface area (Å²) in [7, 11) is 0. The van der Waals surface area contributed by atoms with Gasteiger partial charge in [0.2, 0.25) is 0 Å². The summed E-state index contributed by atoms with van der Waals surface area (Å²) in [5, 5.41) is 3.42. The molecule has 1 heterocycles. The zero-order valence-electron chi connectivity index (χ0n) is 9.61. The van der Waals surface area contributed by atoms with Crippen LogP contribution in [-0.2, 0) is 11.3 Å². The molecule has 86 valence electrons. The Morgan fingerprint density at radius 2 is 2.19 bits per heavy atom. The third kappa shape index (κ3) is 3.19. The van der Waals surface area contributed by atoms with Crippen molar-refractivity contribution in [2.45, 2.75) is 25.5 Å². The summed E-state index contributed by atoms with van der Waals surface area (Å²) in [4.78, 5) is 0. The van der Waals surface area contributed by atoms with E-state index in [0.29, 0.717) is 12.6 Å². The van der Waals surface area contributed by atoms with Crippen LogP contribution >= 0.6 is 0 Å². The molecule has 0 aromatic heterocycles. The average molecular weight is 217 g/mol. The van der Waals surface area contributed by atoms with E-state index < -0.39 is 0 Å². The maximum absolute atomic E-state index is 5.69. The van der Waals surface area contributed by atoms with E-state index in [1.165, 1.54) is 18.4 Å². The summed E-state index contributed by atoms with van der Waals surface area (Å²) in [5.74, 6) is 0. The topological polar surface area (TPSA) is 21.3 Å². The van der Waals surface area contributed by atoms with Crippen molar-refractivity contribution >= 4 is 6.08 Å². The lowest BCUT2D eigenvalue weighted by molar-refractivity contribution is 0.103. The van der Waals surface area contributed by atoms with Gasteiger partial charge in [-0.1, -0.05) is 36.9 Å². The van der Waals surface area contributed by atoms with Gasteiger partial charge in [0.1, 0.15) is 0 Å². The summed E-state index contributed by atoms with van der Waals surface area (Å²) in [6.45, 7) is 6.40. The Balaban J connectivity index is 1.73. The van der Waals surface area contributed by atoms with Crippen LogP contribution in [0.1, 0.15) is 24.0 Å². The summed E-state index contributed by atoms with van der Waals surface area (Å²) in [6.07, 6.45) is 4.38. The van der Waals surface area contributed by atoms with Crippen LogP contribution in [0.4, 0.5) is 0 Å². The van der Waals surface area contributed by atoms with E-state index in [2.05, 4.69) is 36.2 Å². The highest BCUT2D eigenvalue weighted by atomic mass is 16.5. The molecule has 1 aliphatic rings. The number of benzene rings is 1. The molecule has 2 heteroatoms. The van der Waals surface area contributed by atoms with Crippen LogP contribution in [0, 0.1) is 0 Å². The molecule has 2 rings (SSSR count). The smallest absolute Gasteiger partial charge is 0.0717 e. The number of hydrogen-bond acceptors (Lipinski definition) is 2. The maximum atomic E-state index is 5.69. The molecule has 1 atom stereocenters. The predicted octanol–water partition coefficient (Wildman–Crippen LogP) is 2.60. The van der Waals surface area contributed by atoms with Gasteiger partial charge in [-0.25, -0.2) is 0 Å². The van der Waals surface area contributed by atoms with Crippen LogP contribution in [0.5, 0.6) is 0 Å². The van der Waals surface area contributed by atoms with E-state index in [1.54, 1.807) is 0 Å². The highest BCUT2D eigenvalue weighted by Crippen LogP contribution is 2.09. The molecule has 2 nitrogen and oxygen atoms in total. The van der Waals surface area contributed by atoms with E-state index in [4.69, 9.17) is 4.74 Å². The van der Waals surface area contributed by atoms with Crippen molar-refractivity contribution in [1.29, 1.82) is 0 Å². The molecule has 1 aliphatic heterocycles. The zero-order valence-corrected chi connectivity index (χ0v) is 9.61. The lowest BCUT2D eigenvalue weighted by Crippen LogP contribution is -2.26. The second kappa shape index (κ2) is 5.83. The first kappa shape index (κ1) is 11.4. The van der Waals surface area contributed by atoms with E-state index in [-0.39, 0.29) is 0 Å². The highest BCUT2D eigenvalue weighted by Gasteiger charge is 2.13. The van der Waals surface area contributed by atoms with Crippen LogP contribution in [0.3, 0.4) is 0 Å². The van der Waals surface area contributed by atoms with Gasteiger partial charge in [0.25, 0.3) is 0 Å². The second-order valence-corrected chi connectivity index (χ2v) is 4.25. The molecule has 1 fully saturated rings. The molecule has 1 saturated heterocycles. The van der Waals surface area contributed by atoms with Gasteiger partial charge in [0.05, 0.1) is 13.2 Å². The van der Waals surface area contributed by atoms with Gasteiger partial charge in [-0.2, -0.15) is 0 Å². The van der Waals surface area contributed by atoms with Gasteiger partial charge < -0.3 is 10.1 Å². The highest BCUT2D eigenvalue weighted by molar-refractivity contribution is 5.47. The van der Waals surface area contributed by atoms with Crippen molar-refractivity contribution < 1.29 is 4.74 Å². The summed E-state index contributed by atoms with van der Waals surface area (Å²) in [6, 6.07) is 8.89. The van der Waals surface area contributed by atoms with Crippen molar-refractivity contribution in [3.05, 3.63) is 42.0 Å². The van der Waals surface area contributed by atoms with Gasteiger partial charge in [-0.3, -0.25) is 0 Å². The standard InChI is InChI=1S/C14H19NO/c1-2-12-5-7-13(8-6-12)10-16-11-14-4-3-9-15-14/h2,5-8,14-15H,1,3-4,9-11H2. The minimum absolute atomic E-state index is 0.562. The first-order valence-corrected chi connectivity index (χ1v) is 5.91. The summed E-state index contributed by atoms with van der Waals surface area (Å²) < 4.78 is 5.69. The zero-order chi connectivity index (χ0) is 11.2. The van der Waals surface area contributed by atoms with Crippen LogP contribution in [-0.4, -0.2) is 19.2 Å². The van der Waals surface area contributed by atoms with Crippen LogP contribution < -0.4 is 5.32 Å². The lowest BCUT2D eigenvalue weighted by atomic mass is 10.1.